The van der Waals surface area contributed by atoms with Crippen LogP contribution in [0.2, 0.25) is 0 Å². The number of nitrogens with two attached hydrogens (primary N) is 1. The second-order valence-corrected chi connectivity index (χ2v) is 3.83. The Hall–Kier alpha value is 0.240. The van der Waals surface area contributed by atoms with Crippen molar-refractivity contribution in [2.24, 2.45) is 5.73 Å². The predicted octanol–water partition coefficient (Wildman–Crippen LogP) is 1.18. The molecule has 0 aromatic carbocycles. The van der Waals surface area contributed by atoms with E-state index in [4.69, 9.17) is 5.73 Å². The van der Waals surface area contributed by atoms with Crippen molar-refractivity contribution in [3.63, 3.8) is 0 Å². The Morgan fingerprint density at radius 1 is 1.44 bits per heavy atom. The molecule has 9 heavy (non-hydrogen) atoms. The molecule has 0 unspecified atom stereocenters. The van der Waals surface area contributed by atoms with Gasteiger partial charge in [-0.2, -0.15) is 11.8 Å². The average Bonchev–Trinajstić information content (AvgIpc) is 1.90. The van der Waals surface area contributed by atoms with Crippen LogP contribution >= 0.6 is 11.8 Å². The molecule has 1 heterocycles. The van der Waals surface area contributed by atoms with Crippen molar-refractivity contribution >= 4 is 11.8 Å². The summed E-state index contributed by atoms with van der Waals surface area (Å²) in [7, 11) is 0. The lowest BCUT2D eigenvalue weighted by molar-refractivity contribution is 0.288. The fraction of sp³-hybridized carbons (Fsp3) is 1.00. The SMILES string of the molecule is NC1(CF)CCSCC1. The van der Waals surface area contributed by atoms with E-state index < -0.39 is 5.54 Å². The maximum atomic E-state index is 12.1. The molecule has 1 fully saturated rings. The largest absolute Gasteiger partial charge is 0.323 e. The molecular formula is C6H12FNS. The van der Waals surface area contributed by atoms with Gasteiger partial charge in [0.1, 0.15) is 6.67 Å². The number of halogens is 1. The topological polar surface area (TPSA) is 26.0 Å². The molecule has 54 valence electrons. The lowest BCUT2D eigenvalue weighted by Crippen LogP contribution is -2.45. The highest BCUT2D eigenvalue weighted by Crippen LogP contribution is 2.24. The van der Waals surface area contributed by atoms with Crippen LogP contribution in [-0.4, -0.2) is 23.7 Å². The third-order valence-electron chi connectivity index (χ3n) is 1.75. The predicted molar refractivity (Wildman–Crippen MR) is 39.5 cm³/mol. The van der Waals surface area contributed by atoms with Crippen molar-refractivity contribution in [1.82, 2.24) is 0 Å². The normalized spacial score (nSPS) is 26.0. The smallest absolute Gasteiger partial charge is 0.107 e. The van der Waals surface area contributed by atoms with Gasteiger partial charge in [-0.05, 0) is 24.3 Å². The van der Waals surface area contributed by atoms with Gasteiger partial charge in [0.25, 0.3) is 0 Å². The Balaban J connectivity index is 2.37. The summed E-state index contributed by atoms with van der Waals surface area (Å²) >= 11 is 1.87. The first-order chi connectivity index (χ1) is 4.27. The molecular weight excluding hydrogens is 137 g/mol. The van der Waals surface area contributed by atoms with Gasteiger partial charge in [-0.3, -0.25) is 0 Å². The summed E-state index contributed by atoms with van der Waals surface area (Å²) in [4.78, 5) is 0. The minimum absolute atomic E-state index is 0.354. The molecule has 0 aromatic rings. The molecule has 0 amide bonds. The molecule has 0 aliphatic carbocycles. The summed E-state index contributed by atoms with van der Waals surface area (Å²) in [5.74, 6) is 2.06. The van der Waals surface area contributed by atoms with Crippen LogP contribution in [0.4, 0.5) is 4.39 Å². The number of thioether (sulfide) groups is 1. The minimum atomic E-state index is -0.467. The first-order valence-electron chi connectivity index (χ1n) is 3.19. The van der Waals surface area contributed by atoms with Crippen molar-refractivity contribution in [3.8, 4) is 0 Å². The van der Waals surface area contributed by atoms with Gasteiger partial charge >= 0.3 is 0 Å². The first-order valence-corrected chi connectivity index (χ1v) is 4.35. The van der Waals surface area contributed by atoms with Gasteiger partial charge in [0.15, 0.2) is 0 Å². The molecule has 1 saturated heterocycles. The van der Waals surface area contributed by atoms with E-state index in [0.717, 1.165) is 24.3 Å². The van der Waals surface area contributed by atoms with E-state index >= 15 is 0 Å². The van der Waals surface area contributed by atoms with Gasteiger partial charge in [-0.1, -0.05) is 0 Å². The fourth-order valence-electron chi connectivity index (χ4n) is 0.912. The molecule has 0 atom stereocenters. The summed E-state index contributed by atoms with van der Waals surface area (Å²) < 4.78 is 12.1. The zero-order valence-corrected chi connectivity index (χ0v) is 6.22. The summed E-state index contributed by atoms with van der Waals surface area (Å²) in [5, 5.41) is 0. The Kier molecular flexibility index (Phi) is 2.35. The molecule has 1 rings (SSSR count). The zero-order chi connectivity index (χ0) is 6.74. The van der Waals surface area contributed by atoms with Crippen molar-refractivity contribution < 1.29 is 4.39 Å². The molecule has 0 bridgehead atoms. The van der Waals surface area contributed by atoms with Crippen LogP contribution in [0, 0.1) is 0 Å². The quantitative estimate of drug-likeness (QED) is 0.606. The van der Waals surface area contributed by atoms with E-state index in [9.17, 15) is 4.39 Å². The molecule has 1 nitrogen and oxygen atoms in total. The van der Waals surface area contributed by atoms with Crippen LogP contribution in [0.25, 0.3) is 0 Å². The van der Waals surface area contributed by atoms with Crippen molar-refractivity contribution in [2.75, 3.05) is 18.2 Å². The Bertz CT molecular complexity index is 91.1. The summed E-state index contributed by atoms with van der Waals surface area (Å²) in [6, 6.07) is 0. The van der Waals surface area contributed by atoms with Gasteiger partial charge < -0.3 is 5.73 Å². The monoisotopic (exact) mass is 149 g/mol. The Morgan fingerprint density at radius 2 is 2.00 bits per heavy atom. The summed E-state index contributed by atoms with van der Waals surface area (Å²) in [5.41, 5.74) is 5.20. The van der Waals surface area contributed by atoms with E-state index in [1.165, 1.54) is 0 Å². The van der Waals surface area contributed by atoms with Crippen LogP contribution in [0.3, 0.4) is 0 Å². The van der Waals surface area contributed by atoms with Crippen LogP contribution in [-0.2, 0) is 0 Å². The number of hydrogen-bond donors (Lipinski definition) is 1. The third-order valence-corrected chi connectivity index (χ3v) is 2.74. The lowest BCUT2D eigenvalue weighted by Gasteiger charge is -2.29. The zero-order valence-electron chi connectivity index (χ0n) is 5.40. The average molecular weight is 149 g/mol. The van der Waals surface area contributed by atoms with E-state index in [0.29, 0.717) is 0 Å². The van der Waals surface area contributed by atoms with Gasteiger partial charge in [0.05, 0.1) is 0 Å². The Labute approximate surface area is 59.2 Å². The molecule has 0 aromatic heterocycles. The number of alkyl halides is 1. The highest BCUT2D eigenvalue weighted by atomic mass is 32.2. The van der Waals surface area contributed by atoms with Crippen molar-refractivity contribution in [2.45, 2.75) is 18.4 Å². The minimum Gasteiger partial charge on any atom is -0.323 e. The summed E-state index contributed by atoms with van der Waals surface area (Å²) in [6.07, 6.45) is 1.68. The maximum absolute atomic E-state index is 12.1. The molecule has 1 aliphatic rings. The van der Waals surface area contributed by atoms with Crippen LogP contribution in [0.15, 0.2) is 0 Å². The first kappa shape index (κ1) is 7.35. The highest BCUT2D eigenvalue weighted by Gasteiger charge is 2.27. The van der Waals surface area contributed by atoms with Crippen LogP contribution < -0.4 is 5.73 Å². The highest BCUT2D eigenvalue weighted by molar-refractivity contribution is 7.99. The van der Waals surface area contributed by atoms with E-state index in [1.807, 2.05) is 11.8 Å². The second-order valence-electron chi connectivity index (χ2n) is 2.61. The molecule has 0 spiro atoms. The molecule has 0 radical (unpaired) electrons. The van der Waals surface area contributed by atoms with Crippen molar-refractivity contribution in [3.05, 3.63) is 0 Å². The van der Waals surface area contributed by atoms with E-state index in [-0.39, 0.29) is 6.67 Å². The molecule has 3 heteroatoms. The van der Waals surface area contributed by atoms with Crippen LogP contribution in [0.1, 0.15) is 12.8 Å². The number of hydrogen-bond acceptors (Lipinski definition) is 2. The standard InChI is InChI=1S/C6H12FNS/c7-5-6(8)1-3-9-4-2-6/h1-5,8H2. The van der Waals surface area contributed by atoms with Gasteiger partial charge in [0, 0.05) is 5.54 Å². The van der Waals surface area contributed by atoms with Crippen molar-refractivity contribution in [1.29, 1.82) is 0 Å². The third kappa shape index (κ3) is 1.83. The van der Waals surface area contributed by atoms with E-state index in [2.05, 4.69) is 0 Å². The maximum Gasteiger partial charge on any atom is 0.107 e. The summed E-state index contributed by atoms with van der Waals surface area (Å²) in [6.45, 7) is -0.354. The molecule has 2 N–H and O–H groups in total. The van der Waals surface area contributed by atoms with Crippen LogP contribution in [0.5, 0.6) is 0 Å². The molecule has 0 saturated carbocycles. The lowest BCUT2D eigenvalue weighted by atomic mass is 9.96. The number of rotatable bonds is 1. The van der Waals surface area contributed by atoms with Gasteiger partial charge in [-0.15, -0.1) is 0 Å². The fourth-order valence-corrected chi connectivity index (χ4v) is 2.22. The molecule has 1 aliphatic heterocycles. The van der Waals surface area contributed by atoms with Gasteiger partial charge in [0.2, 0.25) is 0 Å². The Morgan fingerprint density at radius 3 is 2.33 bits per heavy atom. The second kappa shape index (κ2) is 2.88. The van der Waals surface area contributed by atoms with E-state index in [1.54, 1.807) is 0 Å². The van der Waals surface area contributed by atoms with Gasteiger partial charge in [-0.25, -0.2) is 4.39 Å².